The molecule has 1 fully saturated rings. The number of rotatable bonds is 6. The monoisotopic (exact) mass is 387 g/mol. The van der Waals surface area contributed by atoms with E-state index in [-0.39, 0.29) is 16.8 Å². The van der Waals surface area contributed by atoms with Gasteiger partial charge in [-0.2, -0.15) is 0 Å². The Balaban J connectivity index is 1.51. The van der Waals surface area contributed by atoms with Crippen LogP contribution in [0.25, 0.3) is 0 Å². The first-order valence-electron chi connectivity index (χ1n) is 9.09. The number of piperidine rings is 1. The lowest BCUT2D eigenvalue weighted by Crippen LogP contribution is -2.44. The van der Waals surface area contributed by atoms with Gasteiger partial charge in [-0.05, 0) is 49.7 Å². The standard InChI is InChI=1S/C20H25N3O3S/c1-21-27(25,26)19-9-7-17(8-10-19)20(24)22-18-11-13-23(14-12-18)15-16-5-3-2-4-6-16/h2-10,18,21H,11-15H2,1H3,(H,22,24). The van der Waals surface area contributed by atoms with Crippen LogP contribution in [0.2, 0.25) is 0 Å². The minimum Gasteiger partial charge on any atom is -0.349 e. The van der Waals surface area contributed by atoms with Crippen LogP contribution in [0.1, 0.15) is 28.8 Å². The van der Waals surface area contributed by atoms with E-state index in [1.54, 1.807) is 12.1 Å². The number of hydrogen-bond donors (Lipinski definition) is 2. The normalized spacial score (nSPS) is 16.2. The number of likely N-dealkylation sites (tertiary alicyclic amines) is 1. The average molecular weight is 388 g/mol. The summed E-state index contributed by atoms with van der Waals surface area (Å²) in [4.78, 5) is 15.0. The summed E-state index contributed by atoms with van der Waals surface area (Å²) in [7, 11) is -2.13. The summed E-state index contributed by atoms with van der Waals surface area (Å²) in [5.41, 5.74) is 1.77. The molecule has 0 radical (unpaired) electrons. The Bertz CT molecular complexity index is 859. The molecule has 1 aliphatic rings. The molecular formula is C20H25N3O3S. The van der Waals surface area contributed by atoms with Gasteiger partial charge in [0.05, 0.1) is 4.90 Å². The van der Waals surface area contributed by atoms with E-state index in [0.717, 1.165) is 32.5 Å². The van der Waals surface area contributed by atoms with Gasteiger partial charge in [0.1, 0.15) is 0 Å². The zero-order chi connectivity index (χ0) is 19.3. The molecule has 3 rings (SSSR count). The maximum atomic E-state index is 12.4. The van der Waals surface area contributed by atoms with Crippen molar-refractivity contribution in [2.75, 3.05) is 20.1 Å². The molecule has 1 amide bonds. The smallest absolute Gasteiger partial charge is 0.251 e. The van der Waals surface area contributed by atoms with Crippen molar-refractivity contribution in [1.29, 1.82) is 0 Å². The summed E-state index contributed by atoms with van der Waals surface area (Å²) in [6, 6.07) is 16.5. The molecule has 6 nitrogen and oxygen atoms in total. The summed E-state index contributed by atoms with van der Waals surface area (Å²) in [5, 5.41) is 3.06. The van der Waals surface area contributed by atoms with E-state index in [4.69, 9.17) is 0 Å². The zero-order valence-corrected chi connectivity index (χ0v) is 16.2. The van der Waals surface area contributed by atoms with Gasteiger partial charge in [0.15, 0.2) is 0 Å². The molecule has 2 N–H and O–H groups in total. The third-order valence-corrected chi connectivity index (χ3v) is 6.30. The van der Waals surface area contributed by atoms with Crippen molar-refractivity contribution in [2.45, 2.75) is 30.3 Å². The molecule has 0 spiro atoms. The second-order valence-corrected chi connectivity index (χ2v) is 8.63. The van der Waals surface area contributed by atoms with E-state index in [1.807, 2.05) is 6.07 Å². The third kappa shape index (κ3) is 5.15. The van der Waals surface area contributed by atoms with Gasteiger partial charge in [-0.15, -0.1) is 0 Å². The van der Waals surface area contributed by atoms with Crippen LogP contribution in [0, 0.1) is 0 Å². The number of nitrogens with zero attached hydrogens (tertiary/aromatic N) is 1. The first kappa shape index (κ1) is 19.5. The van der Waals surface area contributed by atoms with Gasteiger partial charge in [-0.3, -0.25) is 9.69 Å². The van der Waals surface area contributed by atoms with Crippen LogP contribution < -0.4 is 10.0 Å². The molecule has 0 aliphatic carbocycles. The Morgan fingerprint density at radius 1 is 1.04 bits per heavy atom. The summed E-state index contributed by atoms with van der Waals surface area (Å²) < 4.78 is 25.7. The van der Waals surface area contributed by atoms with Crippen molar-refractivity contribution in [1.82, 2.24) is 14.9 Å². The lowest BCUT2D eigenvalue weighted by molar-refractivity contribution is 0.0909. The van der Waals surface area contributed by atoms with Crippen molar-refractivity contribution in [2.24, 2.45) is 0 Å². The molecule has 1 saturated heterocycles. The Kier molecular flexibility index (Phi) is 6.26. The zero-order valence-electron chi connectivity index (χ0n) is 15.4. The molecule has 0 atom stereocenters. The van der Waals surface area contributed by atoms with Crippen LogP contribution in [0.3, 0.4) is 0 Å². The van der Waals surface area contributed by atoms with Crippen LogP contribution >= 0.6 is 0 Å². The summed E-state index contributed by atoms with van der Waals surface area (Å²) in [6.45, 7) is 2.82. The predicted octanol–water partition coefficient (Wildman–Crippen LogP) is 1.99. The second-order valence-electron chi connectivity index (χ2n) is 6.74. The van der Waals surface area contributed by atoms with E-state index in [2.05, 4.69) is 39.2 Å². The lowest BCUT2D eigenvalue weighted by atomic mass is 10.0. The number of carbonyl (C=O) groups excluding carboxylic acids is 1. The molecule has 0 saturated carbocycles. The van der Waals surface area contributed by atoms with E-state index >= 15 is 0 Å². The minimum atomic E-state index is -3.49. The highest BCUT2D eigenvalue weighted by Gasteiger charge is 2.21. The molecule has 2 aromatic rings. The highest BCUT2D eigenvalue weighted by Crippen LogP contribution is 2.15. The van der Waals surface area contributed by atoms with Gasteiger partial charge in [-0.1, -0.05) is 30.3 Å². The van der Waals surface area contributed by atoms with Crippen molar-refractivity contribution in [3.63, 3.8) is 0 Å². The number of benzene rings is 2. The largest absolute Gasteiger partial charge is 0.349 e. The Labute approximate surface area is 160 Å². The van der Waals surface area contributed by atoms with Crippen LogP contribution in [0.15, 0.2) is 59.5 Å². The minimum absolute atomic E-state index is 0.144. The van der Waals surface area contributed by atoms with E-state index in [9.17, 15) is 13.2 Å². The molecule has 144 valence electrons. The third-order valence-electron chi connectivity index (χ3n) is 4.87. The molecule has 27 heavy (non-hydrogen) atoms. The first-order valence-corrected chi connectivity index (χ1v) is 10.6. The fourth-order valence-electron chi connectivity index (χ4n) is 3.25. The van der Waals surface area contributed by atoms with Crippen LogP contribution in [-0.4, -0.2) is 45.4 Å². The van der Waals surface area contributed by atoms with Crippen LogP contribution in [0.5, 0.6) is 0 Å². The number of carbonyl (C=O) groups is 1. The van der Waals surface area contributed by atoms with Gasteiger partial charge in [0, 0.05) is 31.2 Å². The van der Waals surface area contributed by atoms with E-state index < -0.39 is 10.0 Å². The fraction of sp³-hybridized carbons (Fsp3) is 0.350. The van der Waals surface area contributed by atoms with E-state index in [0.29, 0.717) is 5.56 Å². The van der Waals surface area contributed by atoms with Gasteiger partial charge < -0.3 is 5.32 Å². The van der Waals surface area contributed by atoms with Crippen molar-refractivity contribution in [3.8, 4) is 0 Å². The van der Waals surface area contributed by atoms with E-state index in [1.165, 1.54) is 24.7 Å². The predicted molar refractivity (Wildman–Crippen MR) is 105 cm³/mol. The van der Waals surface area contributed by atoms with Gasteiger partial charge in [0.25, 0.3) is 5.91 Å². The van der Waals surface area contributed by atoms with Crippen molar-refractivity contribution >= 4 is 15.9 Å². The molecule has 1 aliphatic heterocycles. The molecule has 0 bridgehead atoms. The number of nitrogens with one attached hydrogen (secondary N) is 2. The Morgan fingerprint density at radius 3 is 2.26 bits per heavy atom. The molecule has 2 aromatic carbocycles. The second kappa shape index (κ2) is 8.65. The lowest BCUT2D eigenvalue weighted by Gasteiger charge is -2.32. The summed E-state index contributed by atoms with van der Waals surface area (Å²) >= 11 is 0. The molecule has 0 unspecified atom stereocenters. The van der Waals surface area contributed by atoms with Gasteiger partial charge in [0.2, 0.25) is 10.0 Å². The highest BCUT2D eigenvalue weighted by molar-refractivity contribution is 7.89. The Morgan fingerprint density at radius 2 is 1.67 bits per heavy atom. The van der Waals surface area contributed by atoms with Crippen LogP contribution in [-0.2, 0) is 16.6 Å². The molecule has 1 heterocycles. The summed E-state index contributed by atoms with van der Waals surface area (Å²) in [5.74, 6) is -0.162. The SMILES string of the molecule is CNS(=O)(=O)c1ccc(C(=O)NC2CCN(Cc3ccccc3)CC2)cc1. The number of amides is 1. The first-order chi connectivity index (χ1) is 13.0. The number of hydrogen-bond acceptors (Lipinski definition) is 4. The Hall–Kier alpha value is -2.22. The van der Waals surface area contributed by atoms with Crippen molar-refractivity contribution in [3.05, 3.63) is 65.7 Å². The molecule has 0 aromatic heterocycles. The topological polar surface area (TPSA) is 78.5 Å². The fourth-order valence-corrected chi connectivity index (χ4v) is 3.98. The van der Waals surface area contributed by atoms with Gasteiger partial charge in [-0.25, -0.2) is 13.1 Å². The maximum Gasteiger partial charge on any atom is 0.251 e. The van der Waals surface area contributed by atoms with Crippen molar-refractivity contribution < 1.29 is 13.2 Å². The van der Waals surface area contributed by atoms with Gasteiger partial charge >= 0.3 is 0 Å². The molecular weight excluding hydrogens is 362 g/mol. The van der Waals surface area contributed by atoms with Crippen LogP contribution in [0.4, 0.5) is 0 Å². The quantitative estimate of drug-likeness (QED) is 0.795. The average Bonchev–Trinajstić information content (AvgIpc) is 2.70. The molecule has 7 heteroatoms. The maximum absolute atomic E-state index is 12.4. The number of sulfonamides is 1. The summed E-state index contributed by atoms with van der Waals surface area (Å²) in [6.07, 6.45) is 1.82. The highest BCUT2D eigenvalue weighted by atomic mass is 32.2.